The van der Waals surface area contributed by atoms with E-state index >= 15 is 0 Å². The largest absolute Gasteiger partial charge is 1.00 e. The minimum Gasteiger partial charge on any atom is -0.366 e. The Labute approximate surface area is 424 Å². The summed E-state index contributed by atoms with van der Waals surface area (Å²) in [5.41, 5.74) is 6.97. The molecule has 6 heteroatoms. The maximum absolute atomic E-state index is 7.45. The molecule has 8 aromatic carbocycles. The van der Waals surface area contributed by atoms with E-state index in [4.69, 9.17) is 12.8 Å². The van der Waals surface area contributed by atoms with Crippen LogP contribution >= 0.6 is 15.8 Å². The quantitative estimate of drug-likeness (QED) is 0.0674. The molecule has 0 nitrogen and oxygen atoms in total. The number of fused-ring (bicyclic) bond motifs is 6. The normalized spacial score (nSPS) is 13.0. The van der Waals surface area contributed by atoms with Gasteiger partial charge in [0.2, 0.25) is 0 Å². The van der Waals surface area contributed by atoms with Crippen molar-refractivity contribution in [1.82, 2.24) is 0 Å². The molecule has 65 heavy (non-hydrogen) atoms. The SMILES string of the molecule is CC(C)([PH+](c1ccccc1)c1ccccc1)[PH+](c1ccccc1)c1ccccc1.[Au+].[Au+].[C-]#Cc1cccc2c1-c1ccccc1[Si]2(C)C.[C-]#Cc1cccc2c1-c1ccccc1[Si]2(C)C. The average molecular weight is 1280 g/mol. The smallest absolute Gasteiger partial charge is 0.366 e. The molecule has 0 unspecified atom stereocenters. The van der Waals surface area contributed by atoms with Crippen LogP contribution in [0.3, 0.4) is 0 Å². The zero-order valence-electron chi connectivity index (χ0n) is 37.7. The van der Waals surface area contributed by atoms with Gasteiger partial charge in [-0.2, -0.15) is 0 Å². The molecule has 0 N–H and O–H groups in total. The topological polar surface area (TPSA) is 0 Å². The first-order chi connectivity index (χ1) is 30.5. The predicted molar refractivity (Wildman–Crippen MR) is 285 cm³/mol. The second-order valence-corrected chi connectivity index (χ2v) is 33.4. The van der Waals surface area contributed by atoms with Crippen molar-refractivity contribution >= 4 is 74.0 Å². The Hall–Kier alpha value is -4.35. The van der Waals surface area contributed by atoms with Gasteiger partial charge in [0.1, 0.15) is 53.2 Å². The Bertz CT molecular complexity index is 2670. The van der Waals surface area contributed by atoms with Gasteiger partial charge in [0.25, 0.3) is 0 Å². The molecule has 8 aromatic rings. The van der Waals surface area contributed by atoms with Gasteiger partial charge in [-0.15, -0.1) is 23.3 Å². The van der Waals surface area contributed by atoms with Gasteiger partial charge in [0.15, 0.2) is 4.90 Å². The summed E-state index contributed by atoms with van der Waals surface area (Å²) in [6, 6.07) is 74.5. The number of rotatable bonds is 6. The van der Waals surface area contributed by atoms with Crippen molar-refractivity contribution in [2.24, 2.45) is 0 Å². The summed E-state index contributed by atoms with van der Waals surface area (Å²) in [7, 11) is -5.15. The average Bonchev–Trinajstić information content (AvgIpc) is 3.70. The van der Waals surface area contributed by atoms with Crippen LogP contribution in [0.15, 0.2) is 206 Å². The van der Waals surface area contributed by atoms with Crippen molar-refractivity contribution in [3.63, 3.8) is 0 Å². The second kappa shape index (κ2) is 21.5. The van der Waals surface area contributed by atoms with Gasteiger partial charge < -0.3 is 12.8 Å². The number of hydrogen-bond acceptors (Lipinski definition) is 0. The van der Waals surface area contributed by atoms with Crippen LogP contribution in [0.2, 0.25) is 26.2 Å². The molecular formula is C59H54Au2P2Si2+2. The fourth-order valence-corrected chi connectivity index (χ4v) is 24.6. The Morgan fingerprint density at radius 2 is 0.615 bits per heavy atom. The maximum atomic E-state index is 7.45. The van der Waals surface area contributed by atoms with Crippen molar-refractivity contribution in [3.8, 4) is 34.1 Å². The van der Waals surface area contributed by atoms with Crippen LogP contribution in [0.25, 0.3) is 22.3 Å². The van der Waals surface area contributed by atoms with Crippen LogP contribution in [0.5, 0.6) is 0 Å². The van der Waals surface area contributed by atoms with E-state index in [1.165, 1.54) is 64.2 Å². The predicted octanol–water partition coefficient (Wildman–Crippen LogP) is 10.3. The van der Waals surface area contributed by atoms with Gasteiger partial charge in [0, 0.05) is 13.8 Å². The van der Waals surface area contributed by atoms with Crippen LogP contribution in [-0.2, 0) is 44.8 Å². The Balaban J connectivity index is 0.000000168. The molecule has 0 radical (unpaired) electrons. The first kappa shape index (κ1) is 50.1. The summed E-state index contributed by atoms with van der Waals surface area (Å²) < 4.78 is 0. The molecular weight excluding hydrogens is 1220 g/mol. The molecule has 0 bridgehead atoms. The second-order valence-electron chi connectivity index (χ2n) is 17.9. The fraction of sp³-hybridized carbons (Fsp3) is 0.119. The first-order valence-corrected chi connectivity index (χ1v) is 30.8. The standard InChI is InChI=1S/C27H26P2.2C16H13Si.2Au/c1-27(2,28(23-15-7-3-8-16-23)24-17-9-4-10-18-24)29(25-19-11-5-12-20-25)26-21-13-6-14-22-26;2*1-4-12-8-7-11-15-16(12)13-9-5-6-10-14(13)17(15,2)3;;/h3-22H,1-2H3;2*5-11H,2-3H3;;/q;2*-1;2*+1/p+2. The molecule has 2 aliphatic heterocycles. The van der Waals surface area contributed by atoms with Gasteiger partial charge in [-0.3, -0.25) is 11.8 Å². The fourth-order valence-electron chi connectivity index (χ4n) is 10.0. The molecule has 0 atom stereocenters. The van der Waals surface area contributed by atoms with E-state index in [-0.39, 0.29) is 49.7 Å². The summed E-state index contributed by atoms with van der Waals surface area (Å²) in [5, 5.41) is 11.8. The molecule has 328 valence electrons. The van der Waals surface area contributed by atoms with Crippen LogP contribution < -0.4 is 42.0 Å². The van der Waals surface area contributed by atoms with Crippen molar-refractivity contribution in [1.29, 1.82) is 0 Å². The van der Waals surface area contributed by atoms with Crippen LogP contribution in [0, 0.1) is 24.7 Å². The van der Waals surface area contributed by atoms with Gasteiger partial charge in [-0.25, -0.2) is 0 Å². The van der Waals surface area contributed by atoms with Crippen molar-refractivity contribution < 1.29 is 44.8 Å². The third-order valence-electron chi connectivity index (χ3n) is 13.0. The van der Waals surface area contributed by atoms with E-state index in [0.717, 1.165) is 11.1 Å². The summed E-state index contributed by atoms with van der Waals surface area (Å²) in [6.45, 7) is 14.5. The summed E-state index contributed by atoms with van der Waals surface area (Å²) >= 11 is 0. The van der Waals surface area contributed by atoms with E-state index < -0.39 is 32.0 Å². The third kappa shape index (κ3) is 9.88. The molecule has 0 saturated carbocycles. The maximum Gasteiger partial charge on any atom is 1.00 e. The molecule has 0 spiro atoms. The Kier molecular flexibility index (Phi) is 16.6. The van der Waals surface area contributed by atoms with Gasteiger partial charge in [0.05, 0.1) is 0 Å². The van der Waals surface area contributed by atoms with E-state index in [0.29, 0.717) is 0 Å². The molecule has 0 fully saturated rings. The monoisotopic (exact) mass is 1270 g/mol. The van der Waals surface area contributed by atoms with E-state index in [1.807, 2.05) is 12.1 Å². The van der Waals surface area contributed by atoms with Crippen LogP contribution in [0.1, 0.15) is 25.0 Å². The van der Waals surface area contributed by atoms with Crippen LogP contribution in [-0.4, -0.2) is 21.0 Å². The molecule has 0 amide bonds. The molecule has 10 rings (SSSR count). The number of benzene rings is 8. The Morgan fingerprint density at radius 3 is 0.908 bits per heavy atom. The molecule has 2 aliphatic rings. The van der Waals surface area contributed by atoms with E-state index in [1.54, 1.807) is 0 Å². The van der Waals surface area contributed by atoms with Crippen molar-refractivity contribution in [3.05, 3.63) is 230 Å². The summed E-state index contributed by atoms with van der Waals surface area (Å²) in [4.78, 5) is 0.154. The van der Waals surface area contributed by atoms with Crippen molar-refractivity contribution in [2.75, 3.05) is 0 Å². The van der Waals surface area contributed by atoms with Gasteiger partial charge in [-0.05, 0) is 70.0 Å². The summed E-state index contributed by atoms with van der Waals surface area (Å²) in [5.74, 6) is 5.16. The minimum atomic E-state index is -1.55. The number of hydrogen-bond donors (Lipinski definition) is 0. The zero-order chi connectivity index (χ0) is 44.2. The molecule has 0 aliphatic carbocycles. The minimum absolute atomic E-state index is 0. The van der Waals surface area contributed by atoms with Gasteiger partial charge in [-0.1, -0.05) is 193 Å². The van der Waals surface area contributed by atoms with E-state index in [9.17, 15) is 0 Å². The van der Waals surface area contributed by atoms with Crippen LogP contribution in [0.4, 0.5) is 0 Å². The van der Waals surface area contributed by atoms with Gasteiger partial charge >= 0.3 is 44.8 Å². The first-order valence-electron chi connectivity index (χ1n) is 21.8. The van der Waals surface area contributed by atoms with E-state index in [2.05, 4.69) is 246 Å². The van der Waals surface area contributed by atoms with Crippen molar-refractivity contribution in [2.45, 2.75) is 44.9 Å². The molecule has 0 aromatic heterocycles. The molecule has 0 saturated heterocycles. The summed E-state index contributed by atoms with van der Waals surface area (Å²) in [6.07, 6.45) is 14.9. The third-order valence-corrected chi connectivity index (χ3v) is 27.7. The Morgan fingerprint density at radius 1 is 0.354 bits per heavy atom. The zero-order valence-corrected chi connectivity index (χ0v) is 46.1. The molecule has 2 heterocycles.